The summed E-state index contributed by atoms with van der Waals surface area (Å²) in [5.74, 6) is 1.56. The Morgan fingerprint density at radius 3 is 3.06 bits per heavy atom. The van der Waals surface area contributed by atoms with Crippen LogP contribution in [0.5, 0.6) is 0 Å². The zero-order valence-corrected chi connectivity index (χ0v) is 11.9. The van der Waals surface area contributed by atoms with E-state index < -0.39 is 0 Å². The second-order valence-electron chi connectivity index (χ2n) is 6.01. The van der Waals surface area contributed by atoms with Gasteiger partial charge in [0.05, 0.1) is 6.10 Å². The van der Waals surface area contributed by atoms with Crippen molar-refractivity contribution in [1.82, 2.24) is 4.90 Å². The van der Waals surface area contributed by atoms with Crippen LogP contribution in [-0.4, -0.2) is 43.0 Å². The van der Waals surface area contributed by atoms with E-state index in [4.69, 9.17) is 4.74 Å². The van der Waals surface area contributed by atoms with Crippen LogP contribution in [-0.2, 0) is 9.53 Å². The Morgan fingerprint density at radius 1 is 1.44 bits per heavy atom. The van der Waals surface area contributed by atoms with Crippen molar-refractivity contribution in [1.29, 1.82) is 0 Å². The van der Waals surface area contributed by atoms with Gasteiger partial charge in [-0.2, -0.15) is 0 Å². The molecule has 0 N–H and O–H groups in total. The van der Waals surface area contributed by atoms with Gasteiger partial charge in [-0.05, 0) is 32.1 Å². The van der Waals surface area contributed by atoms with E-state index in [-0.39, 0.29) is 5.92 Å². The van der Waals surface area contributed by atoms with Gasteiger partial charge in [0, 0.05) is 38.6 Å². The van der Waals surface area contributed by atoms with Crippen molar-refractivity contribution in [2.45, 2.75) is 52.1 Å². The highest BCUT2D eigenvalue weighted by Gasteiger charge is 2.29. The molecule has 0 spiro atoms. The molecule has 2 rings (SSSR count). The summed E-state index contributed by atoms with van der Waals surface area (Å²) >= 11 is 0. The van der Waals surface area contributed by atoms with Gasteiger partial charge in [-0.3, -0.25) is 9.69 Å². The van der Waals surface area contributed by atoms with Gasteiger partial charge in [-0.15, -0.1) is 0 Å². The van der Waals surface area contributed by atoms with E-state index in [1.165, 1.54) is 6.42 Å². The van der Waals surface area contributed by atoms with Crippen LogP contribution in [0.25, 0.3) is 0 Å². The molecule has 3 nitrogen and oxygen atoms in total. The van der Waals surface area contributed by atoms with E-state index in [1.807, 2.05) is 0 Å². The minimum atomic E-state index is 0.286. The van der Waals surface area contributed by atoms with Crippen molar-refractivity contribution in [3.8, 4) is 0 Å². The van der Waals surface area contributed by atoms with Gasteiger partial charge in [-0.1, -0.05) is 13.3 Å². The summed E-state index contributed by atoms with van der Waals surface area (Å²) < 4.78 is 5.66. The summed E-state index contributed by atoms with van der Waals surface area (Å²) in [6, 6.07) is 0. The summed E-state index contributed by atoms with van der Waals surface area (Å²) in [7, 11) is 0. The van der Waals surface area contributed by atoms with E-state index in [0.717, 1.165) is 57.8 Å². The lowest BCUT2D eigenvalue weighted by Gasteiger charge is -2.32. The first-order valence-corrected chi connectivity index (χ1v) is 7.55. The molecule has 0 radical (unpaired) electrons. The molecule has 1 saturated carbocycles. The number of Topliss-reactive ketones (excluding diaryl/α,β-unsaturated/α-hetero) is 1. The third kappa shape index (κ3) is 3.79. The average molecular weight is 253 g/mol. The standard InChI is InChI=1S/C15H27NO2/c1-3-13-5-6-15(17)14(9-13)11-16-7-4-8-18-12(2)10-16/h12-14H,3-11H2,1-2H3. The number of carbonyl (C=O) groups excluding carboxylic acids is 1. The smallest absolute Gasteiger partial charge is 0.137 e. The number of hydrogen-bond acceptors (Lipinski definition) is 3. The van der Waals surface area contributed by atoms with Crippen LogP contribution in [0, 0.1) is 11.8 Å². The van der Waals surface area contributed by atoms with E-state index in [0.29, 0.717) is 11.9 Å². The molecule has 0 aromatic carbocycles. The number of ether oxygens (including phenoxy) is 1. The van der Waals surface area contributed by atoms with Crippen LogP contribution >= 0.6 is 0 Å². The van der Waals surface area contributed by atoms with Crippen LogP contribution < -0.4 is 0 Å². The Hall–Kier alpha value is -0.410. The van der Waals surface area contributed by atoms with Gasteiger partial charge < -0.3 is 4.74 Å². The number of rotatable bonds is 3. The monoisotopic (exact) mass is 253 g/mol. The molecule has 104 valence electrons. The highest BCUT2D eigenvalue weighted by atomic mass is 16.5. The van der Waals surface area contributed by atoms with Crippen molar-refractivity contribution in [3.05, 3.63) is 0 Å². The van der Waals surface area contributed by atoms with Crippen molar-refractivity contribution >= 4 is 5.78 Å². The maximum Gasteiger partial charge on any atom is 0.137 e. The van der Waals surface area contributed by atoms with Gasteiger partial charge in [0.15, 0.2) is 0 Å². The molecule has 0 bridgehead atoms. The van der Waals surface area contributed by atoms with E-state index in [9.17, 15) is 4.79 Å². The van der Waals surface area contributed by atoms with Crippen molar-refractivity contribution in [3.63, 3.8) is 0 Å². The SMILES string of the molecule is CCC1CCC(=O)C(CN2CCCOC(C)C2)C1. The summed E-state index contributed by atoms with van der Waals surface area (Å²) in [4.78, 5) is 14.5. The molecule has 18 heavy (non-hydrogen) atoms. The zero-order valence-electron chi connectivity index (χ0n) is 11.9. The highest BCUT2D eigenvalue weighted by molar-refractivity contribution is 5.81. The molecule has 1 aliphatic carbocycles. The number of carbonyl (C=O) groups is 1. The second kappa shape index (κ2) is 6.67. The zero-order chi connectivity index (χ0) is 13.0. The summed E-state index contributed by atoms with van der Waals surface area (Å²) in [5, 5.41) is 0. The van der Waals surface area contributed by atoms with Crippen LogP contribution in [0.3, 0.4) is 0 Å². The topological polar surface area (TPSA) is 29.5 Å². The number of nitrogens with zero attached hydrogens (tertiary/aromatic N) is 1. The third-order valence-corrected chi connectivity index (χ3v) is 4.46. The molecular weight excluding hydrogens is 226 g/mol. The fourth-order valence-corrected chi connectivity index (χ4v) is 3.31. The molecule has 0 aromatic heterocycles. The molecule has 2 aliphatic rings. The minimum absolute atomic E-state index is 0.286. The van der Waals surface area contributed by atoms with Crippen molar-refractivity contribution in [2.24, 2.45) is 11.8 Å². The van der Waals surface area contributed by atoms with E-state index in [2.05, 4.69) is 18.7 Å². The molecule has 1 heterocycles. The maximum absolute atomic E-state index is 12.0. The predicted octanol–water partition coefficient (Wildman–Crippen LogP) is 2.49. The first kappa shape index (κ1) is 14.0. The fraction of sp³-hybridized carbons (Fsp3) is 0.933. The lowest BCUT2D eigenvalue weighted by atomic mass is 9.79. The molecule has 0 aromatic rings. The predicted molar refractivity (Wildman–Crippen MR) is 72.6 cm³/mol. The van der Waals surface area contributed by atoms with E-state index in [1.54, 1.807) is 0 Å². The largest absolute Gasteiger partial charge is 0.377 e. The average Bonchev–Trinajstić information content (AvgIpc) is 2.56. The summed E-state index contributed by atoms with van der Waals surface area (Å²) in [6.45, 7) is 8.29. The molecule has 2 fully saturated rings. The second-order valence-corrected chi connectivity index (χ2v) is 6.01. The normalized spacial score (nSPS) is 35.4. The summed E-state index contributed by atoms with van der Waals surface area (Å²) in [6.07, 6.45) is 5.68. The Labute approximate surface area is 111 Å². The van der Waals surface area contributed by atoms with Gasteiger partial charge in [0.1, 0.15) is 5.78 Å². The van der Waals surface area contributed by atoms with Gasteiger partial charge in [0.2, 0.25) is 0 Å². The van der Waals surface area contributed by atoms with Gasteiger partial charge in [-0.25, -0.2) is 0 Å². The molecule has 3 atom stereocenters. The fourth-order valence-electron chi connectivity index (χ4n) is 3.31. The first-order valence-electron chi connectivity index (χ1n) is 7.55. The highest BCUT2D eigenvalue weighted by Crippen LogP contribution is 2.29. The Bertz CT molecular complexity index is 280. The lowest BCUT2D eigenvalue weighted by molar-refractivity contribution is -0.126. The Kier molecular flexibility index (Phi) is 5.19. The van der Waals surface area contributed by atoms with E-state index >= 15 is 0 Å². The van der Waals surface area contributed by atoms with Gasteiger partial charge >= 0.3 is 0 Å². The molecule has 1 saturated heterocycles. The van der Waals surface area contributed by atoms with Crippen LogP contribution in [0.15, 0.2) is 0 Å². The number of hydrogen-bond donors (Lipinski definition) is 0. The van der Waals surface area contributed by atoms with Crippen molar-refractivity contribution < 1.29 is 9.53 Å². The van der Waals surface area contributed by atoms with Crippen LogP contribution in [0.1, 0.15) is 46.0 Å². The van der Waals surface area contributed by atoms with Crippen LogP contribution in [0.2, 0.25) is 0 Å². The maximum atomic E-state index is 12.0. The summed E-state index contributed by atoms with van der Waals surface area (Å²) in [5.41, 5.74) is 0. The van der Waals surface area contributed by atoms with Crippen LogP contribution in [0.4, 0.5) is 0 Å². The first-order chi connectivity index (χ1) is 8.69. The molecular formula is C15H27NO2. The Balaban J connectivity index is 1.88. The number of ketones is 1. The molecule has 3 unspecified atom stereocenters. The van der Waals surface area contributed by atoms with Crippen molar-refractivity contribution in [2.75, 3.05) is 26.2 Å². The Morgan fingerprint density at radius 2 is 2.28 bits per heavy atom. The third-order valence-electron chi connectivity index (χ3n) is 4.46. The lowest BCUT2D eigenvalue weighted by Crippen LogP contribution is -2.39. The molecule has 3 heteroatoms. The quantitative estimate of drug-likeness (QED) is 0.774. The molecule has 0 amide bonds. The minimum Gasteiger partial charge on any atom is -0.377 e. The molecule has 1 aliphatic heterocycles. The van der Waals surface area contributed by atoms with Gasteiger partial charge in [0.25, 0.3) is 0 Å².